The van der Waals surface area contributed by atoms with Gasteiger partial charge in [-0.3, -0.25) is 0 Å². The second-order valence-electron chi connectivity index (χ2n) is 2.72. The smallest absolute Gasteiger partial charge is 0.244 e. The van der Waals surface area contributed by atoms with Gasteiger partial charge in [0.2, 0.25) is 0 Å². The van der Waals surface area contributed by atoms with E-state index >= 15 is 0 Å². The van der Waals surface area contributed by atoms with E-state index in [1.807, 2.05) is 0 Å². The van der Waals surface area contributed by atoms with Gasteiger partial charge in [-0.05, 0) is 12.1 Å². The number of benzene rings is 1. The maximum atomic E-state index is 11.9. The lowest BCUT2D eigenvalue weighted by Crippen LogP contribution is -2.00. The highest BCUT2D eigenvalue weighted by Crippen LogP contribution is 2.23. The minimum absolute atomic E-state index is 0.149. The van der Waals surface area contributed by atoms with E-state index in [9.17, 15) is 12.6 Å². The molecule has 84 valence electrons. The van der Waals surface area contributed by atoms with E-state index in [0.717, 1.165) is 6.26 Å². The lowest BCUT2D eigenvalue weighted by molar-refractivity contribution is 0.611. The van der Waals surface area contributed by atoms with E-state index in [1.54, 1.807) is 12.1 Å². The van der Waals surface area contributed by atoms with Gasteiger partial charge in [-0.1, -0.05) is 27.5 Å². The summed E-state index contributed by atoms with van der Waals surface area (Å²) in [6.45, 7) is 0. The Bertz CT molecular complexity index is 588. The molecule has 0 unspecified atom stereocenters. The van der Waals surface area contributed by atoms with Crippen molar-refractivity contribution in [2.75, 3.05) is 6.26 Å². The van der Waals surface area contributed by atoms with E-state index in [1.165, 1.54) is 12.1 Å². The van der Waals surface area contributed by atoms with Gasteiger partial charge < -0.3 is 0 Å². The maximum absolute atomic E-state index is 11.9. The van der Waals surface area contributed by atoms with Crippen LogP contribution in [0.3, 0.4) is 0 Å². The fourth-order valence-corrected chi connectivity index (χ4v) is 4.94. The molecule has 0 spiro atoms. The van der Waals surface area contributed by atoms with Gasteiger partial charge in [-0.15, -0.1) is 0 Å². The Morgan fingerprint density at radius 2 is 1.73 bits per heavy atom. The summed E-state index contributed by atoms with van der Waals surface area (Å²) in [5.74, 6) is 0. The normalized spacial score (nSPS) is 15.7. The van der Waals surface area contributed by atoms with Gasteiger partial charge in [0.25, 0.3) is 0 Å². The summed E-state index contributed by atoms with van der Waals surface area (Å²) in [5, 5.41) is 0.189. The van der Waals surface area contributed by atoms with Crippen molar-refractivity contribution in [1.29, 1.82) is 0 Å². The van der Waals surface area contributed by atoms with Gasteiger partial charge in [-0.25, -0.2) is 4.21 Å². The molecular weight excluding hydrogens is 281 g/mol. The standard InChI is InChI=1S/C7H7Cl2NO3S2/c1-14(11,10-15(9,12)13)7-5-3-2-4-6(7)8/h2-5H,1H3/t14-/m1/s1. The quantitative estimate of drug-likeness (QED) is 0.784. The predicted octanol–water partition coefficient (Wildman–Crippen LogP) is 2.28. The van der Waals surface area contributed by atoms with Crippen molar-refractivity contribution in [3.63, 3.8) is 0 Å². The lowest BCUT2D eigenvalue weighted by Gasteiger charge is -2.04. The van der Waals surface area contributed by atoms with Gasteiger partial charge in [0.05, 0.1) is 19.6 Å². The number of nitrogens with zero attached hydrogens (tertiary/aromatic N) is 1. The minimum atomic E-state index is -4.18. The van der Waals surface area contributed by atoms with E-state index in [4.69, 9.17) is 22.3 Å². The molecule has 0 saturated heterocycles. The van der Waals surface area contributed by atoms with Crippen molar-refractivity contribution in [3.8, 4) is 0 Å². The molecule has 0 saturated carbocycles. The summed E-state index contributed by atoms with van der Waals surface area (Å²) in [5.41, 5.74) is 0. The molecule has 1 atom stereocenters. The zero-order valence-corrected chi connectivity index (χ0v) is 10.7. The molecule has 0 aromatic heterocycles. The Balaban J connectivity index is 3.50. The second kappa shape index (κ2) is 4.29. The van der Waals surface area contributed by atoms with Crippen LogP contribution in [0.5, 0.6) is 0 Å². The molecule has 0 aliphatic heterocycles. The first-order valence-corrected chi connectivity index (χ1v) is 8.22. The maximum Gasteiger partial charge on any atom is 0.347 e. The Morgan fingerprint density at radius 3 is 2.20 bits per heavy atom. The monoisotopic (exact) mass is 287 g/mol. The summed E-state index contributed by atoms with van der Waals surface area (Å²) in [6.07, 6.45) is 1.16. The number of rotatable bonds is 2. The first-order valence-electron chi connectivity index (χ1n) is 3.65. The minimum Gasteiger partial charge on any atom is -0.244 e. The van der Waals surface area contributed by atoms with Crippen LogP contribution in [0.4, 0.5) is 0 Å². The molecule has 0 radical (unpaired) electrons. The van der Waals surface area contributed by atoms with E-state index in [2.05, 4.69) is 3.77 Å². The van der Waals surface area contributed by atoms with Gasteiger partial charge >= 0.3 is 9.24 Å². The average molecular weight is 288 g/mol. The van der Waals surface area contributed by atoms with Gasteiger partial charge in [0, 0.05) is 16.9 Å². The second-order valence-corrected chi connectivity index (χ2v) is 7.76. The molecular formula is C7H7Cl2NO3S2. The highest BCUT2D eigenvalue weighted by atomic mass is 35.7. The third kappa shape index (κ3) is 3.64. The highest BCUT2D eigenvalue weighted by Gasteiger charge is 2.14. The van der Waals surface area contributed by atoms with Crippen LogP contribution in [-0.4, -0.2) is 18.9 Å². The average Bonchev–Trinajstić information content (AvgIpc) is 1.99. The van der Waals surface area contributed by atoms with Crippen LogP contribution < -0.4 is 0 Å². The van der Waals surface area contributed by atoms with Gasteiger partial charge in [0.1, 0.15) is 0 Å². The molecule has 1 aromatic carbocycles. The van der Waals surface area contributed by atoms with Crippen LogP contribution >= 0.6 is 22.3 Å². The van der Waals surface area contributed by atoms with Crippen molar-refractivity contribution < 1.29 is 12.6 Å². The van der Waals surface area contributed by atoms with Gasteiger partial charge in [0.15, 0.2) is 0 Å². The summed E-state index contributed by atoms with van der Waals surface area (Å²) in [4.78, 5) is 0.149. The molecule has 4 nitrogen and oxygen atoms in total. The van der Waals surface area contributed by atoms with Crippen LogP contribution in [0.25, 0.3) is 0 Å². The predicted molar refractivity (Wildman–Crippen MR) is 61.0 cm³/mol. The van der Waals surface area contributed by atoms with Crippen molar-refractivity contribution in [3.05, 3.63) is 29.3 Å². The number of hydrogen-bond acceptors (Lipinski definition) is 3. The topological polar surface area (TPSA) is 63.6 Å². The summed E-state index contributed by atoms with van der Waals surface area (Å²) >= 11 is 5.76. The lowest BCUT2D eigenvalue weighted by atomic mass is 10.4. The van der Waals surface area contributed by atoms with Crippen molar-refractivity contribution >= 4 is 41.2 Å². The Hall–Kier alpha value is -0.300. The number of hydrogen-bond donors (Lipinski definition) is 0. The fourth-order valence-electron chi connectivity index (χ4n) is 0.962. The van der Waals surface area contributed by atoms with E-state index in [-0.39, 0.29) is 9.92 Å². The Labute approximate surface area is 97.9 Å². The van der Waals surface area contributed by atoms with Crippen LogP contribution in [0.15, 0.2) is 32.9 Å². The molecule has 0 heterocycles. The van der Waals surface area contributed by atoms with Crippen LogP contribution in [0.2, 0.25) is 5.02 Å². The van der Waals surface area contributed by atoms with Crippen LogP contribution in [-0.2, 0) is 19.0 Å². The largest absolute Gasteiger partial charge is 0.347 e. The zero-order chi connectivity index (χ0) is 11.7. The molecule has 0 N–H and O–H groups in total. The molecule has 0 aliphatic rings. The molecule has 0 bridgehead atoms. The first-order chi connectivity index (χ1) is 6.72. The van der Waals surface area contributed by atoms with Crippen LogP contribution in [0, 0.1) is 0 Å². The summed E-state index contributed by atoms with van der Waals surface area (Å²) in [6, 6.07) is 6.16. The third-order valence-corrected chi connectivity index (χ3v) is 5.45. The highest BCUT2D eigenvalue weighted by molar-refractivity contribution is 8.17. The summed E-state index contributed by atoms with van der Waals surface area (Å²) < 4.78 is 36.4. The molecule has 0 fully saturated rings. The van der Waals surface area contributed by atoms with E-state index < -0.39 is 19.0 Å². The Kier molecular flexibility index (Phi) is 3.65. The van der Waals surface area contributed by atoms with E-state index in [0.29, 0.717) is 0 Å². The first kappa shape index (κ1) is 12.8. The van der Waals surface area contributed by atoms with Crippen LogP contribution in [0.1, 0.15) is 0 Å². The Morgan fingerprint density at radius 1 is 1.20 bits per heavy atom. The zero-order valence-electron chi connectivity index (χ0n) is 7.55. The van der Waals surface area contributed by atoms with Crippen molar-refractivity contribution in [1.82, 2.24) is 0 Å². The molecule has 1 rings (SSSR count). The molecule has 1 aromatic rings. The number of halogens is 2. The van der Waals surface area contributed by atoms with Gasteiger partial charge in [-0.2, -0.15) is 8.42 Å². The third-order valence-electron chi connectivity index (χ3n) is 1.48. The SMILES string of the molecule is C[S@](=O)(=NS(=O)(=O)Cl)c1ccccc1Cl. The summed E-state index contributed by atoms with van der Waals surface area (Å²) in [7, 11) is -2.41. The molecule has 0 amide bonds. The molecule has 0 aliphatic carbocycles. The van der Waals surface area contributed by atoms with Crippen molar-refractivity contribution in [2.24, 2.45) is 3.77 Å². The van der Waals surface area contributed by atoms with Crippen molar-refractivity contribution in [2.45, 2.75) is 4.90 Å². The fraction of sp³-hybridized carbons (Fsp3) is 0.143. The molecule has 8 heteroatoms. The molecule has 15 heavy (non-hydrogen) atoms.